The highest BCUT2D eigenvalue weighted by Crippen LogP contribution is 2.19. The number of aromatic nitrogens is 2. The summed E-state index contributed by atoms with van der Waals surface area (Å²) in [7, 11) is 1.42. The SMILES string of the molecule is COc1c(NC(CCO)C(C)C)nc[nH]c1=O. The van der Waals surface area contributed by atoms with Crippen molar-refractivity contribution in [3.05, 3.63) is 16.7 Å². The fraction of sp³-hybridized carbons (Fsp3) is 0.636. The molecule has 0 aliphatic carbocycles. The third-order valence-electron chi connectivity index (χ3n) is 2.58. The first-order chi connectivity index (χ1) is 8.10. The highest BCUT2D eigenvalue weighted by molar-refractivity contribution is 5.48. The Labute approximate surface area is 100 Å². The average Bonchev–Trinajstić information content (AvgIpc) is 2.28. The first-order valence-electron chi connectivity index (χ1n) is 5.59. The number of hydrogen-bond acceptors (Lipinski definition) is 5. The van der Waals surface area contributed by atoms with E-state index >= 15 is 0 Å². The van der Waals surface area contributed by atoms with Gasteiger partial charge in [0.25, 0.3) is 5.56 Å². The Morgan fingerprint density at radius 2 is 2.29 bits per heavy atom. The van der Waals surface area contributed by atoms with Crippen molar-refractivity contribution >= 4 is 5.82 Å². The van der Waals surface area contributed by atoms with Crippen LogP contribution in [0, 0.1) is 5.92 Å². The smallest absolute Gasteiger partial charge is 0.295 e. The van der Waals surface area contributed by atoms with Gasteiger partial charge in [-0.25, -0.2) is 4.98 Å². The number of methoxy groups -OCH3 is 1. The fourth-order valence-corrected chi connectivity index (χ4v) is 1.57. The molecule has 0 aliphatic heterocycles. The van der Waals surface area contributed by atoms with E-state index < -0.39 is 0 Å². The van der Waals surface area contributed by atoms with Crippen molar-refractivity contribution in [3.63, 3.8) is 0 Å². The number of anilines is 1. The standard InChI is InChI=1S/C11H19N3O3/c1-7(2)8(4-5-15)14-10-9(17-3)11(16)13-6-12-10/h6-8,15H,4-5H2,1-3H3,(H2,12,13,14,16). The van der Waals surface area contributed by atoms with Gasteiger partial charge in [-0.2, -0.15) is 0 Å². The van der Waals surface area contributed by atoms with Gasteiger partial charge in [0.1, 0.15) is 0 Å². The van der Waals surface area contributed by atoms with Crippen LogP contribution in [-0.4, -0.2) is 34.8 Å². The summed E-state index contributed by atoms with van der Waals surface area (Å²) in [6, 6.07) is 0.0446. The summed E-state index contributed by atoms with van der Waals surface area (Å²) in [6.07, 6.45) is 1.92. The van der Waals surface area contributed by atoms with Crippen LogP contribution < -0.4 is 15.6 Å². The van der Waals surface area contributed by atoms with Crippen LogP contribution in [0.15, 0.2) is 11.1 Å². The number of nitrogens with one attached hydrogen (secondary N) is 2. The molecule has 0 bridgehead atoms. The van der Waals surface area contributed by atoms with Crippen LogP contribution in [0.25, 0.3) is 0 Å². The Balaban J connectivity index is 2.92. The first kappa shape index (κ1) is 13.5. The monoisotopic (exact) mass is 241 g/mol. The molecule has 1 rings (SSSR count). The molecule has 17 heavy (non-hydrogen) atoms. The molecule has 0 spiro atoms. The van der Waals surface area contributed by atoms with Gasteiger partial charge < -0.3 is 20.1 Å². The predicted octanol–water partition coefficient (Wildman–Crippen LogP) is 0.597. The molecular weight excluding hydrogens is 222 g/mol. The lowest BCUT2D eigenvalue weighted by Crippen LogP contribution is -2.28. The quantitative estimate of drug-likeness (QED) is 0.678. The van der Waals surface area contributed by atoms with E-state index in [1.807, 2.05) is 13.8 Å². The van der Waals surface area contributed by atoms with Gasteiger partial charge in [-0.05, 0) is 12.3 Å². The van der Waals surface area contributed by atoms with Crippen molar-refractivity contribution in [2.75, 3.05) is 19.0 Å². The molecule has 1 atom stereocenters. The molecule has 96 valence electrons. The van der Waals surface area contributed by atoms with Gasteiger partial charge in [-0.15, -0.1) is 0 Å². The van der Waals surface area contributed by atoms with E-state index in [1.165, 1.54) is 13.4 Å². The average molecular weight is 241 g/mol. The van der Waals surface area contributed by atoms with E-state index in [0.717, 1.165) is 0 Å². The Morgan fingerprint density at radius 3 is 2.82 bits per heavy atom. The maximum absolute atomic E-state index is 11.5. The summed E-state index contributed by atoms with van der Waals surface area (Å²) in [5, 5.41) is 12.1. The van der Waals surface area contributed by atoms with Gasteiger partial charge in [-0.3, -0.25) is 4.79 Å². The van der Waals surface area contributed by atoms with Crippen molar-refractivity contribution in [1.29, 1.82) is 0 Å². The number of hydrogen-bond donors (Lipinski definition) is 3. The molecular formula is C11H19N3O3. The van der Waals surface area contributed by atoms with E-state index in [9.17, 15) is 4.79 Å². The van der Waals surface area contributed by atoms with Crippen LogP contribution in [-0.2, 0) is 0 Å². The van der Waals surface area contributed by atoms with E-state index in [4.69, 9.17) is 9.84 Å². The zero-order valence-corrected chi connectivity index (χ0v) is 10.4. The van der Waals surface area contributed by atoms with Crippen molar-refractivity contribution in [1.82, 2.24) is 9.97 Å². The van der Waals surface area contributed by atoms with E-state index in [1.54, 1.807) is 0 Å². The van der Waals surface area contributed by atoms with Crippen LogP contribution in [0.1, 0.15) is 20.3 Å². The summed E-state index contributed by atoms with van der Waals surface area (Å²) >= 11 is 0. The molecule has 6 heteroatoms. The molecule has 1 unspecified atom stereocenters. The Bertz CT molecular complexity index is 403. The molecule has 0 aliphatic rings. The topological polar surface area (TPSA) is 87.2 Å². The minimum Gasteiger partial charge on any atom is -0.489 e. The molecule has 0 saturated carbocycles. The van der Waals surface area contributed by atoms with Gasteiger partial charge >= 0.3 is 0 Å². The van der Waals surface area contributed by atoms with Crippen LogP contribution in [0.2, 0.25) is 0 Å². The summed E-state index contributed by atoms with van der Waals surface area (Å²) < 4.78 is 5.00. The summed E-state index contributed by atoms with van der Waals surface area (Å²) in [5.41, 5.74) is -0.323. The minimum absolute atomic E-state index is 0.0446. The number of aliphatic hydroxyl groups is 1. The number of H-pyrrole nitrogens is 1. The number of aromatic amines is 1. The molecule has 1 aromatic rings. The first-order valence-corrected chi connectivity index (χ1v) is 5.59. The van der Waals surface area contributed by atoms with Crippen molar-refractivity contribution < 1.29 is 9.84 Å². The lowest BCUT2D eigenvalue weighted by atomic mass is 10.0. The van der Waals surface area contributed by atoms with E-state index in [2.05, 4.69) is 15.3 Å². The molecule has 0 amide bonds. The molecule has 0 fully saturated rings. The fourth-order valence-electron chi connectivity index (χ4n) is 1.57. The molecule has 1 heterocycles. The van der Waals surface area contributed by atoms with Crippen molar-refractivity contribution in [2.45, 2.75) is 26.3 Å². The number of aliphatic hydroxyl groups excluding tert-OH is 1. The highest BCUT2D eigenvalue weighted by atomic mass is 16.5. The summed E-state index contributed by atoms with van der Waals surface area (Å²) in [5.74, 6) is 0.882. The second-order valence-electron chi connectivity index (χ2n) is 4.12. The van der Waals surface area contributed by atoms with E-state index in [-0.39, 0.29) is 24.0 Å². The third kappa shape index (κ3) is 3.45. The molecule has 6 nitrogen and oxygen atoms in total. The van der Waals surface area contributed by atoms with Gasteiger partial charge in [-0.1, -0.05) is 13.8 Å². The maximum Gasteiger partial charge on any atom is 0.295 e. The van der Waals surface area contributed by atoms with Crippen LogP contribution in [0.5, 0.6) is 5.75 Å². The van der Waals surface area contributed by atoms with Crippen molar-refractivity contribution in [2.24, 2.45) is 5.92 Å². The number of ether oxygens (including phenoxy) is 1. The van der Waals surface area contributed by atoms with Gasteiger partial charge in [0.2, 0.25) is 5.75 Å². The molecule has 0 radical (unpaired) electrons. The Morgan fingerprint density at radius 1 is 1.59 bits per heavy atom. The van der Waals surface area contributed by atoms with Crippen LogP contribution >= 0.6 is 0 Å². The van der Waals surface area contributed by atoms with Gasteiger partial charge in [0.15, 0.2) is 5.82 Å². The lowest BCUT2D eigenvalue weighted by Gasteiger charge is -2.22. The normalized spacial score (nSPS) is 12.5. The zero-order chi connectivity index (χ0) is 12.8. The minimum atomic E-state index is -0.323. The highest BCUT2D eigenvalue weighted by Gasteiger charge is 2.16. The van der Waals surface area contributed by atoms with Crippen LogP contribution in [0.4, 0.5) is 5.82 Å². The van der Waals surface area contributed by atoms with Gasteiger partial charge in [0.05, 0.1) is 13.4 Å². The largest absolute Gasteiger partial charge is 0.489 e. The van der Waals surface area contributed by atoms with Crippen molar-refractivity contribution in [3.8, 4) is 5.75 Å². The predicted molar refractivity (Wildman–Crippen MR) is 65.4 cm³/mol. The number of nitrogens with zero attached hydrogens (tertiary/aromatic N) is 1. The maximum atomic E-state index is 11.5. The summed E-state index contributed by atoms with van der Waals surface area (Å²) in [4.78, 5) is 18.0. The molecule has 3 N–H and O–H groups in total. The molecule has 1 aromatic heterocycles. The number of rotatable bonds is 6. The third-order valence-corrected chi connectivity index (χ3v) is 2.58. The second-order valence-corrected chi connectivity index (χ2v) is 4.12. The summed E-state index contributed by atoms with van der Waals surface area (Å²) in [6.45, 7) is 4.15. The molecule has 0 aromatic carbocycles. The van der Waals surface area contributed by atoms with Gasteiger partial charge in [0, 0.05) is 12.6 Å². The Kier molecular flexibility index (Phi) is 4.96. The lowest BCUT2D eigenvalue weighted by molar-refractivity contribution is 0.267. The molecule has 0 saturated heterocycles. The van der Waals surface area contributed by atoms with E-state index in [0.29, 0.717) is 18.2 Å². The Hall–Kier alpha value is -1.56. The zero-order valence-electron chi connectivity index (χ0n) is 10.4. The van der Waals surface area contributed by atoms with Crippen LogP contribution in [0.3, 0.4) is 0 Å². The second kappa shape index (κ2) is 6.24.